The van der Waals surface area contributed by atoms with Crippen LogP contribution in [0.1, 0.15) is 31.2 Å². The van der Waals surface area contributed by atoms with Gasteiger partial charge in [0.05, 0.1) is 0 Å². The van der Waals surface area contributed by atoms with E-state index in [4.69, 9.17) is 11.6 Å². The summed E-state index contributed by atoms with van der Waals surface area (Å²) in [4.78, 5) is 0. The molecule has 1 nitrogen and oxygen atoms in total. The maximum absolute atomic E-state index is 5.62. The average molecular weight is 305 g/mol. The van der Waals surface area contributed by atoms with Crippen molar-refractivity contribution in [2.24, 2.45) is 0 Å². The molecule has 1 rings (SSSR count). The highest BCUT2D eigenvalue weighted by Crippen LogP contribution is 2.15. The van der Waals surface area contributed by atoms with Crippen LogP contribution in [0.25, 0.3) is 0 Å². The molecule has 1 aromatic rings. The lowest BCUT2D eigenvalue weighted by Gasteiger charge is -2.06. The molecule has 16 heavy (non-hydrogen) atoms. The smallest absolute Gasteiger partial charge is 0.0223 e. The standard InChI is InChI=1S/C13H19BrClN/c14-13-8-4-3-7-12(13)11-16-10-6-2-1-5-9-15/h3-4,7-8,16H,1-2,5-6,9-11H2. The summed E-state index contributed by atoms with van der Waals surface area (Å²) in [6, 6.07) is 8.34. The highest BCUT2D eigenvalue weighted by Gasteiger charge is 1.97. The van der Waals surface area contributed by atoms with Crippen LogP contribution in [-0.2, 0) is 6.54 Å². The van der Waals surface area contributed by atoms with Crippen LogP contribution in [0, 0.1) is 0 Å². The molecule has 0 radical (unpaired) electrons. The second-order valence-electron chi connectivity index (χ2n) is 3.87. The number of hydrogen-bond donors (Lipinski definition) is 1. The average Bonchev–Trinajstić information content (AvgIpc) is 2.30. The van der Waals surface area contributed by atoms with Gasteiger partial charge in [0.1, 0.15) is 0 Å². The van der Waals surface area contributed by atoms with Gasteiger partial charge in [0.15, 0.2) is 0 Å². The van der Waals surface area contributed by atoms with Crippen LogP contribution in [0.2, 0.25) is 0 Å². The van der Waals surface area contributed by atoms with E-state index in [0.29, 0.717) is 0 Å². The second kappa shape index (κ2) is 9.03. The molecular formula is C13H19BrClN. The van der Waals surface area contributed by atoms with Gasteiger partial charge in [0.25, 0.3) is 0 Å². The van der Waals surface area contributed by atoms with E-state index in [0.717, 1.165) is 25.4 Å². The Morgan fingerprint density at radius 3 is 2.56 bits per heavy atom. The minimum Gasteiger partial charge on any atom is -0.313 e. The van der Waals surface area contributed by atoms with Gasteiger partial charge in [0, 0.05) is 16.9 Å². The topological polar surface area (TPSA) is 12.0 Å². The first-order valence-electron chi connectivity index (χ1n) is 5.84. The van der Waals surface area contributed by atoms with Gasteiger partial charge >= 0.3 is 0 Å². The third kappa shape index (κ3) is 5.88. The molecule has 1 N–H and O–H groups in total. The third-order valence-electron chi connectivity index (χ3n) is 2.51. The molecule has 3 heteroatoms. The summed E-state index contributed by atoms with van der Waals surface area (Å²) in [6.07, 6.45) is 4.91. The van der Waals surface area contributed by atoms with Gasteiger partial charge in [-0.3, -0.25) is 0 Å². The lowest BCUT2D eigenvalue weighted by atomic mass is 10.2. The Morgan fingerprint density at radius 2 is 1.81 bits per heavy atom. The number of rotatable bonds is 8. The van der Waals surface area contributed by atoms with Crippen molar-refractivity contribution in [3.05, 3.63) is 34.3 Å². The van der Waals surface area contributed by atoms with Gasteiger partial charge < -0.3 is 5.32 Å². The van der Waals surface area contributed by atoms with E-state index in [1.54, 1.807) is 0 Å². The molecule has 0 heterocycles. The summed E-state index contributed by atoms with van der Waals surface area (Å²) >= 11 is 9.16. The normalized spacial score (nSPS) is 10.6. The maximum atomic E-state index is 5.62. The van der Waals surface area contributed by atoms with Crippen molar-refractivity contribution in [1.29, 1.82) is 0 Å². The van der Waals surface area contributed by atoms with Crippen molar-refractivity contribution in [2.75, 3.05) is 12.4 Å². The second-order valence-corrected chi connectivity index (χ2v) is 5.10. The van der Waals surface area contributed by atoms with Crippen molar-refractivity contribution >= 4 is 27.5 Å². The van der Waals surface area contributed by atoms with Gasteiger partial charge in [0.2, 0.25) is 0 Å². The van der Waals surface area contributed by atoms with Crippen LogP contribution < -0.4 is 5.32 Å². The van der Waals surface area contributed by atoms with E-state index in [-0.39, 0.29) is 0 Å². The molecule has 0 spiro atoms. The minimum atomic E-state index is 0.796. The van der Waals surface area contributed by atoms with E-state index in [2.05, 4.69) is 39.4 Å². The first kappa shape index (κ1) is 14.0. The summed E-state index contributed by atoms with van der Waals surface area (Å²) < 4.78 is 1.18. The monoisotopic (exact) mass is 303 g/mol. The molecule has 0 saturated carbocycles. The molecule has 0 aliphatic heterocycles. The van der Waals surface area contributed by atoms with E-state index < -0.39 is 0 Å². The van der Waals surface area contributed by atoms with Gasteiger partial charge in [-0.2, -0.15) is 0 Å². The summed E-state index contributed by atoms with van der Waals surface area (Å²) in [7, 11) is 0. The maximum Gasteiger partial charge on any atom is 0.0223 e. The van der Waals surface area contributed by atoms with Crippen molar-refractivity contribution < 1.29 is 0 Å². The lowest BCUT2D eigenvalue weighted by Crippen LogP contribution is -2.14. The highest BCUT2D eigenvalue weighted by molar-refractivity contribution is 9.10. The summed E-state index contributed by atoms with van der Waals surface area (Å²) in [6.45, 7) is 2.03. The first-order chi connectivity index (χ1) is 7.84. The van der Waals surface area contributed by atoms with E-state index in [1.807, 2.05) is 6.07 Å². The Labute approximate surface area is 112 Å². The Hall–Kier alpha value is -0.0500. The predicted molar refractivity (Wildman–Crippen MR) is 75.0 cm³/mol. The van der Waals surface area contributed by atoms with E-state index in [1.165, 1.54) is 29.3 Å². The summed E-state index contributed by atoms with van der Waals surface area (Å²) in [5.74, 6) is 0.796. The molecule has 90 valence electrons. The number of nitrogens with one attached hydrogen (secondary N) is 1. The van der Waals surface area contributed by atoms with Gasteiger partial charge in [-0.05, 0) is 31.0 Å². The molecule has 0 aliphatic rings. The molecule has 0 amide bonds. The molecule has 0 atom stereocenters. The molecule has 0 fully saturated rings. The largest absolute Gasteiger partial charge is 0.313 e. The van der Waals surface area contributed by atoms with Crippen molar-refractivity contribution in [2.45, 2.75) is 32.2 Å². The zero-order valence-corrected chi connectivity index (χ0v) is 11.9. The SMILES string of the molecule is ClCCCCCCNCc1ccccc1Br. The van der Waals surface area contributed by atoms with Crippen molar-refractivity contribution in [3.8, 4) is 0 Å². The van der Waals surface area contributed by atoms with Gasteiger partial charge in [-0.1, -0.05) is 47.0 Å². The zero-order valence-electron chi connectivity index (χ0n) is 9.52. The van der Waals surface area contributed by atoms with Crippen LogP contribution in [-0.4, -0.2) is 12.4 Å². The molecule has 0 aliphatic carbocycles. The lowest BCUT2D eigenvalue weighted by molar-refractivity contribution is 0.598. The summed E-state index contributed by atoms with van der Waals surface area (Å²) in [5.41, 5.74) is 1.32. The minimum absolute atomic E-state index is 0.796. The fourth-order valence-electron chi connectivity index (χ4n) is 1.56. The molecule has 1 aromatic carbocycles. The van der Waals surface area contributed by atoms with Crippen LogP contribution in [0.3, 0.4) is 0 Å². The molecule has 0 saturated heterocycles. The van der Waals surface area contributed by atoms with Gasteiger partial charge in [-0.25, -0.2) is 0 Å². The fraction of sp³-hybridized carbons (Fsp3) is 0.538. The molecule has 0 aromatic heterocycles. The van der Waals surface area contributed by atoms with Crippen molar-refractivity contribution in [3.63, 3.8) is 0 Å². The number of hydrogen-bond acceptors (Lipinski definition) is 1. The van der Waals surface area contributed by atoms with Crippen LogP contribution >= 0.6 is 27.5 Å². The van der Waals surface area contributed by atoms with Crippen molar-refractivity contribution in [1.82, 2.24) is 5.32 Å². The fourth-order valence-corrected chi connectivity index (χ4v) is 2.18. The Morgan fingerprint density at radius 1 is 1.06 bits per heavy atom. The predicted octanol–water partition coefficient (Wildman–Crippen LogP) is 4.34. The Kier molecular flexibility index (Phi) is 7.91. The van der Waals surface area contributed by atoms with Gasteiger partial charge in [-0.15, -0.1) is 11.6 Å². The van der Waals surface area contributed by atoms with E-state index in [9.17, 15) is 0 Å². The zero-order chi connectivity index (χ0) is 11.6. The summed E-state index contributed by atoms with van der Waals surface area (Å²) in [5, 5.41) is 3.46. The Balaban J connectivity index is 2.05. The number of unbranched alkanes of at least 4 members (excludes halogenated alkanes) is 3. The molecule has 0 unspecified atom stereocenters. The quantitative estimate of drug-likeness (QED) is 0.556. The van der Waals surface area contributed by atoms with Crippen LogP contribution in [0.15, 0.2) is 28.7 Å². The first-order valence-corrected chi connectivity index (χ1v) is 7.17. The van der Waals surface area contributed by atoms with Crippen LogP contribution in [0.4, 0.5) is 0 Å². The molecular weight excluding hydrogens is 286 g/mol. The third-order valence-corrected chi connectivity index (χ3v) is 3.55. The number of alkyl halides is 1. The highest BCUT2D eigenvalue weighted by atomic mass is 79.9. The molecule has 0 bridgehead atoms. The number of halogens is 2. The van der Waals surface area contributed by atoms with E-state index >= 15 is 0 Å². The Bertz CT molecular complexity index is 291. The van der Waals surface area contributed by atoms with Crippen LogP contribution in [0.5, 0.6) is 0 Å². The number of benzene rings is 1.